The van der Waals surface area contributed by atoms with Gasteiger partial charge in [0.05, 0.1) is 12.5 Å². The molecule has 1 amide bonds. The zero-order valence-corrected chi connectivity index (χ0v) is 8.57. The highest BCUT2D eigenvalue weighted by Gasteiger charge is 2.14. The first-order chi connectivity index (χ1) is 7.13. The summed E-state index contributed by atoms with van der Waals surface area (Å²) in [6.45, 7) is 0. The van der Waals surface area contributed by atoms with Crippen molar-refractivity contribution < 1.29 is 14.7 Å². The number of benzene rings is 1. The summed E-state index contributed by atoms with van der Waals surface area (Å²) in [4.78, 5) is 20.8. The van der Waals surface area contributed by atoms with E-state index in [0.717, 1.165) is 0 Å². The van der Waals surface area contributed by atoms with E-state index in [1.54, 1.807) is 24.3 Å². The van der Waals surface area contributed by atoms with Crippen LogP contribution in [0, 0.1) is 0 Å². The van der Waals surface area contributed by atoms with Crippen molar-refractivity contribution in [3.8, 4) is 0 Å². The van der Waals surface area contributed by atoms with Crippen molar-refractivity contribution in [2.45, 2.75) is 12.5 Å². The van der Waals surface area contributed by atoms with Crippen LogP contribution in [0.4, 0.5) is 0 Å². The molecule has 5 heteroatoms. The van der Waals surface area contributed by atoms with Crippen LogP contribution < -0.4 is 5.32 Å². The lowest BCUT2D eigenvalue weighted by Gasteiger charge is -2.13. The van der Waals surface area contributed by atoms with E-state index in [1.807, 2.05) is 0 Å². The molecular formula is C10H10ClNO3. The molecule has 0 spiro atoms. The minimum Gasteiger partial charge on any atom is -0.481 e. The second-order valence-electron chi connectivity index (χ2n) is 2.99. The molecule has 0 aliphatic heterocycles. The van der Waals surface area contributed by atoms with Crippen LogP contribution in [0.2, 0.25) is 5.02 Å². The van der Waals surface area contributed by atoms with Gasteiger partial charge in [-0.25, -0.2) is 0 Å². The Morgan fingerprint density at radius 2 is 2.07 bits per heavy atom. The van der Waals surface area contributed by atoms with Crippen molar-refractivity contribution in [2.24, 2.45) is 0 Å². The average molecular weight is 228 g/mol. The fourth-order valence-corrected chi connectivity index (χ4v) is 1.35. The molecule has 0 saturated carbocycles. The number of amides is 1. The Bertz CT molecular complexity index is 350. The van der Waals surface area contributed by atoms with Gasteiger partial charge < -0.3 is 10.4 Å². The lowest BCUT2D eigenvalue weighted by molar-refractivity contribution is -0.137. The second kappa shape index (κ2) is 5.36. The smallest absolute Gasteiger partial charge is 0.305 e. The molecule has 0 radical (unpaired) electrons. The fraction of sp³-hybridized carbons (Fsp3) is 0.200. The molecule has 0 aromatic heterocycles. The van der Waals surface area contributed by atoms with Crippen LogP contribution in [-0.4, -0.2) is 17.5 Å². The van der Waals surface area contributed by atoms with Crippen LogP contribution in [0.15, 0.2) is 24.3 Å². The number of rotatable bonds is 5. The van der Waals surface area contributed by atoms with Crippen molar-refractivity contribution in [3.05, 3.63) is 34.9 Å². The van der Waals surface area contributed by atoms with Crippen LogP contribution >= 0.6 is 11.6 Å². The number of carboxylic acid groups (broad SMARTS) is 1. The molecule has 1 unspecified atom stereocenters. The molecule has 2 N–H and O–H groups in total. The summed E-state index contributed by atoms with van der Waals surface area (Å²) < 4.78 is 0. The van der Waals surface area contributed by atoms with Crippen LogP contribution in [0.5, 0.6) is 0 Å². The summed E-state index contributed by atoms with van der Waals surface area (Å²) in [6.07, 6.45) is 0.336. The summed E-state index contributed by atoms with van der Waals surface area (Å²) in [6, 6.07) is 6.16. The number of carbonyl (C=O) groups is 2. The summed E-state index contributed by atoms with van der Waals surface area (Å²) in [5.74, 6) is -0.968. The standard InChI is InChI=1S/C10H10ClNO3/c11-8-3-1-7(2-4-8)9(12-6-13)5-10(14)15/h1-4,6,9H,5H2,(H,12,13)(H,14,15). The van der Waals surface area contributed by atoms with E-state index in [-0.39, 0.29) is 6.42 Å². The number of hydrogen-bond acceptors (Lipinski definition) is 2. The lowest BCUT2D eigenvalue weighted by Crippen LogP contribution is -2.22. The topological polar surface area (TPSA) is 66.4 Å². The number of hydrogen-bond donors (Lipinski definition) is 2. The van der Waals surface area contributed by atoms with Crippen LogP contribution in [-0.2, 0) is 9.59 Å². The van der Waals surface area contributed by atoms with Crippen LogP contribution in [0.1, 0.15) is 18.0 Å². The molecule has 0 fully saturated rings. The highest BCUT2D eigenvalue weighted by molar-refractivity contribution is 6.30. The second-order valence-corrected chi connectivity index (χ2v) is 3.42. The van der Waals surface area contributed by atoms with E-state index in [9.17, 15) is 9.59 Å². The number of aliphatic carboxylic acids is 1. The predicted molar refractivity (Wildman–Crippen MR) is 55.6 cm³/mol. The summed E-state index contributed by atoms with van der Waals surface area (Å²) in [5, 5.41) is 11.7. The van der Waals surface area contributed by atoms with Gasteiger partial charge in [-0.1, -0.05) is 23.7 Å². The van der Waals surface area contributed by atoms with Gasteiger partial charge >= 0.3 is 5.97 Å². The number of carbonyl (C=O) groups excluding carboxylic acids is 1. The third kappa shape index (κ3) is 3.59. The number of carboxylic acids is 1. The molecule has 1 aromatic carbocycles. The van der Waals surface area contributed by atoms with E-state index in [4.69, 9.17) is 16.7 Å². The van der Waals surface area contributed by atoms with Gasteiger partial charge in [-0.05, 0) is 17.7 Å². The quantitative estimate of drug-likeness (QED) is 0.751. The molecule has 0 bridgehead atoms. The molecule has 15 heavy (non-hydrogen) atoms. The van der Waals surface area contributed by atoms with Gasteiger partial charge in [0, 0.05) is 5.02 Å². The van der Waals surface area contributed by atoms with E-state index in [0.29, 0.717) is 17.0 Å². The first-order valence-electron chi connectivity index (χ1n) is 4.30. The highest BCUT2D eigenvalue weighted by atomic mass is 35.5. The summed E-state index contributed by atoms with van der Waals surface area (Å²) in [5.41, 5.74) is 0.717. The zero-order valence-electron chi connectivity index (χ0n) is 7.81. The fourth-order valence-electron chi connectivity index (χ4n) is 1.22. The van der Waals surface area contributed by atoms with E-state index >= 15 is 0 Å². The maximum atomic E-state index is 10.5. The van der Waals surface area contributed by atoms with Crippen molar-refractivity contribution >= 4 is 24.0 Å². The molecule has 0 aliphatic carbocycles. The average Bonchev–Trinajstić information content (AvgIpc) is 2.17. The third-order valence-corrected chi connectivity index (χ3v) is 2.17. The van der Waals surface area contributed by atoms with Gasteiger partial charge in [0.1, 0.15) is 0 Å². The molecule has 4 nitrogen and oxygen atoms in total. The van der Waals surface area contributed by atoms with Gasteiger partial charge in [-0.2, -0.15) is 0 Å². The molecule has 1 aromatic rings. The molecule has 0 heterocycles. The Morgan fingerprint density at radius 1 is 1.47 bits per heavy atom. The van der Waals surface area contributed by atoms with Crippen molar-refractivity contribution in [3.63, 3.8) is 0 Å². The number of nitrogens with one attached hydrogen (secondary N) is 1. The van der Waals surface area contributed by atoms with E-state index in [2.05, 4.69) is 5.32 Å². The van der Waals surface area contributed by atoms with Crippen LogP contribution in [0.3, 0.4) is 0 Å². The molecule has 1 rings (SSSR count). The minimum atomic E-state index is -0.968. The SMILES string of the molecule is O=CNC(CC(=O)O)c1ccc(Cl)cc1. The monoisotopic (exact) mass is 227 g/mol. The molecule has 0 saturated heterocycles. The first kappa shape index (κ1) is 11.5. The minimum absolute atomic E-state index is 0.152. The first-order valence-corrected chi connectivity index (χ1v) is 4.68. The van der Waals surface area contributed by atoms with Crippen molar-refractivity contribution in [1.82, 2.24) is 5.32 Å². The summed E-state index contributed by atoms with van der Waals surface area (Å²) >= 11 is 5.69. The van der Waals surface area contributed by atoms with Gasteiger partial charge in [0.2, 0.25) is 6.41 Å². The van der Waals surface area contributed by atoms with Crippen LogP contribution in [0.25, 0.3) is 0 Å². The van der Waals surface area contributed by atoms with Gasteiger partial charge in [0.25, 0.3) is 0 Å². The Labute approximate surface area is 91.9 Å². The normalized spacial score (nSPS) is 11.8. The van der Waals surface area contributed by atoms with Crippen molar-refractivity contribution in [1.29, 1.82) is 0 Å². The molecular weight excluding hydrogens is 218 g/mol. The third-order valence-electron chi connectivity index (χ3n) is 1.92. The van der Waals surface area contributed by atoms with E-state index in [1.165, 1.54) is 0 Å². The molecule has 80 valence electrons. The Hall–Kier alpha value is -1.55. The molecule has 1 atom stereocenters. The highest BCUT2D eigenvalue weighted by Crippen LogP contribution is 2.18. The Balaban J connectivity index is 2.83. The Morgan fingerprint density at radius 3 is 2.53 bits per heavy atom. The van der Waals surface area contributed by atoms with Crippen molar-refractivity contribution in [2.75, 3.05) is 0 Å². The van der Waals surface area contributed by atoms with Gasteiger partial charge in [-0.15, -0.1) is 0 Å². The lowest BCUT2D eigenvalue weighted by atomic mass is 10.0. The summed E-state index contributed by atoms with van der Waals surface area (Å²) in [7, 11) is 0. The maximum Gasteiger partial charge on any atom is 0.305 e. The van der Waals surface area contributed by atoms with Gasteiger partial charge in [0.15, 0.2) is 0 Å². The molecule has 0 aliphatic rings. The maximum absolute atomic E-state index is 10.5. The predicted octanol–water partition coefficient (Wildman–Crippen LogP) is 1.60. The number of halogens is 1. The van der Waals surface area contributed by atoms with Gasteiger partial charge in [-0.3, -0.25) is 9.59 Å². The Kier molecular flexibility index (Phi) is 4.12. The zero-order chi connectivity index (χ0) is 11.3. The van der Waals surface area contributed by atoms with E-state index < -0.39 is 12.0 Å². The largest absolute Gasteiger partial charge is 0.481 e.